The van der Waals surface area contributed by atoms with Crippen molar-refractivity contribution in [3.8, 4) is 34.8 Å². The van der Waals surface area contributed by atoms with Crippen molar-refractivity contribution in [2.45, 2.75) is 32.0 Å². The second-order valence-corrected chi connectivity index (χ2v) is 8.72. The van der Waals surface area contributed by atoms with Crippen LogP contribution in [0.2, 0.25) is 0 Å². The van der Waals surface area contributed by atoms with Gasteiger partial charge in [0.05, 0.1) is 24.3 Å². The average molecular weight is 596 g/mol. The number of aliphatic hydroxyl groups is 2. The number of hydrogen-bond acceptors (Lipinski definition) is 8. The van der Waals surface area contributed by atoms with Crippen LogP contribution in [0, 0.1) is 0 Å². The van der Waals surface area contributed by atoms with Crippen molar-refractivity contribution in [2.75, 3.05) is 6.61 Å². The van der Waals surface area contributed by atoms with Gasteiger partial charge in [-0.3, -0.25) is 0 Å². The number of hydrogen-bond donors (Lipinski definition) is 3. The molecular formula is C28H22F6N2O6. The molecular weight excluding hydrogens is 574 g/mol. The fraction of sp³-hybridized carbons (Fsp3) is 0.214. The Balaban J connectivity index is 1.72. The number of aromatic hydroxyl groups is 1. The standard InChI is InChI=1S/C28H22F6N2O6/c1-2-40-20-8-15(9-21(11-20)41-23-5-3-17(12-35-23)27(29,30)31)26(39)25-16(14-37)7-19(38)10-22(25)42-24-6-4-18(13-36-24)28(32,33)34/h3-13,26,37-39H,2,14H2,1H3. The number of halogens is 6. The quantitative estimate of drug-likeness (QED) is 0.181. The molecule has 1 atom stereocenters. The molecule has 0 amide bonds. The van der Waals surface area contributed by atoms with Crippen LogP contribution in [0.25, 0.3) is 0 Å². The minimum Gasteiger partial charge on any atom is -0.508 e. The number of benzene rings is 2. The molecule has 222 valence electrons. The molecule has 0 radical (unpaired) electrons. The van der Waals surface area contributed by atoms with Gasteiger partial charge in [0.15, 0.2) is 0 Å². The normalized spacial score (nSPS) is 12.6. The molecule has 0 saturated carbocycles. The van der Waals surface area contributed by atoms with Crippen LogP contribution in [0.1, 0.15) is 40.8 Å². The maximum absolute atomic E-state index is 12.9. The summed E-state index contributed by atoms with van der Waals surface area (Å²) in [6.45, 7) is 1.21. The summed E-state index contributed by atoms with van der Waals surface area (Å²) in [5.74, 6) is -0.864. The fourth-order valence-corrected chi connectivity index (χ4v) is 3.87. The van der Waals surface area contributed by atoms with Gasteiger partial charge in [-0.25, -0.2) is 9.97 Å². The van der Waals surface area contributed by atoms with Gasteiger partial charge >= 0.3 is 12.4 Å². The van der Waals surface area contributed by atoms with Crippen molar-refractivity contribution in [3.05, 3.63) is 94.8 Å². The molecule has 0 bridgehead atoms. The third-order valence-corrected chi connectivity index (χ3v) is 5.75. The number of rotatable bonds is 9. The van der Waals surface area contributed by atoms with E-state index in [-0.39, 0.29) is 58.1 Å². The van der Waals surface area contributed by atoms with E-state index in [1.54, 1.807) is 6.92 Å². The highest BCUT2D eigenvalue weighted by atomic mass is 19.4. The first-order chi connectivity index (χ1) is 19.8. The molecule has 2 heterocycles. The average Bonchev–Trinajstić information content (AvgIpc) is 2.92. The summed E-state index contributed by atoms with van der Waals surface area (Å²) in [5.41, 5.74) is -1.95. The van der Waals surface area contributed by atoms with Crippen LogP contribution in [0.3, 0.4) is 0 Å². The molecule has 42 heavy (non-hydrogen) atoms. The summed E-state index contributed by atoms with van der Waals surface area (Å²) in [5, 5.41) is 31.6. The van der Waals surface area contributed by atoms with Gasteiger partial charge in [0.2, 0.25) is 11.8 Å². The molecule has 0 spiro atoms. The molecule has 2 aromatic carbocycles. The Hall–Kier alpha value is -4.56. The van der Waals surface area contributed by atoms with E-state index in [4.69, 9.17) is 14.2 Å². The Morgan fingerprint density at radius 1 is 0.786 bits per heavy atom. The van der Waals surface area contributed by atoms with Gasteiger partial charge in [0.1, 0.15) is 29.1 Å². The van der Waals surface area contributed by atoms with Gasteiger partial charge in [-0.2, -0.15) is 26.3 Å². The predicted octanol–water partition coefficient (Wildman–Crippen LogP) is 6.78. The molecule has 4 aromatic rings. The van der Waals surface area contributed by atoms with Crippen molar-refractivity contribution < 1.29 is 55.9 Å². The number of aromatic nitrogens is 2. The van der Waals surface area contributed by atoms with Crippen LogP contribution < -0.4 is 14.2 Å². The van der Waals surface area contributed by atoms with Crippen molar-refractivity contribution in [1.82, 2.24) is 9.97 Å². The number of aliphatic hydroxyl groups excluding tert-OH is 2. The Morgan fingerprint density at radius 3 is 1.86 bits per heavy atom. The third kappa shape index (κ3) is 7.19. The zero-order chi connectivity index (χ0) is 30.7. The first-order valence-electron chi connectivity index (χ1n) is 12.1. The van der Waals surface area contributed by atoms with Crippen molar-refractivity contribution in [2.24, 2.45) is 0 Å². The SMILES string of the molecule is CCOc1cc(Oc2ccc(C(F)(F)F)cn2)cc(C(O)c2c(CO)cc(O)cc2Oc2ccc(C(F)(F)F)cn2)c1. The smallest absolute Gasteiger partial charge is 0.417 e. The van der Waals surface area contributed by atoms with Crippen LogP contribution in [-0.2, 0) is 19.0 Å². The first kappa shape index (κ1) is 30.4. The van der Waals surface area contributed by atoms with E-state index in [1.165, 1.54) is 18.2 Å². The van der Waals surface area contributed by atoms with Crippen LogP contribution in [0.5, 0.6) is 34.8 Å². The number of ether oxygens (including phenoxy) is 3. The molecule has 3 N–H and O–H groups in total. The Bertz CT molecular complexity index is 1530. The Kier molecular flexibility index (Phi) is 8.78. The van der Waals surface area contributed by atoms with Crippen LogP contribution >= 0.6 is 0 Å². The monoisotopic (exact) mass is 596 g/mol. The van der Waals surface area contributed by atoms with Gasteiger partial charge in [0, 0.05) is 42.2 Å². The maximum Gasteiger partial charge on any atom is 0.417 e. The summed E-state index contributed by atoms with van der Waals surface area (Å²) in [7, 11) is 0. The molecule has 0 aliphatic heterocycles. The van der Waals surface area contributed by atoms with Crippen LogP contribution in [-0.4, -0.2) is 31.9 Å². The molecule has 0 aliphatic rings. The highest BCUT2D eigenvalue weighted by Gasteiger charge is 2.32. The number of pyridine rings is 2. The van der Waals surface area contributed by atoms with Gasteiger partial charge in [-0.1, -0.05) is 0 Å². The van der Waals surface area contributed by atoms with Crippen molar-refractivity contribution >= 4 is 0 Å². The minimum absolute atomic E-state index is 0.0121. The summed E-state index contributed by atoms with van der Waals surface area (Å²) in [4.78, 5) is 7.30. The van der Waals surface area contributed by atoms with E-state index in [2.05, 4.69) is 9.97 Å². The summed E-state index contributed by atoms with van der Waals surface area (Å²) >= 11 is 0. The lowest BCUT2D eigenvalue weighted by Gasteiger charge is -2.21. The lowest BCUT2D eigenvalue weighted by Crippen LogP contribution is -2.08. The lowest BCUT2D eigenvalue weighted by molar-refractivity contribution is -0.138. The van der Waals surface area contributed by atoms with Gasteiger partial charge in [-0.15, -0.1) is 0 Å². The number of alkyl halides is 6. The van der Waals surface area contributed by atoms with Crippen molar-refractivity contribution in [3.63, 3.8) is 0 Å². The van der Waals surface area contributed by atoms with E-state index < -0.39 is 36.2 Å². The zero-order valence-electron chi connectivity index (χ0n) is 21.6. The number of nitrogens with zero attached hydrogens (tertiary/aromatic N) is 2. The van der Waals surface area contributed by atoms with Gasteiger partial charge in [-0.05, 0) is 48.4 Å². The summed E-state index contributed by atoms with van der Waals surface area (Å²) < 4.78 is 94.2. The second-order valence-electron chi connectivity index (χ2n) is 8.72. The molecule has 1 unspecified atom stereocenters. The first-order valence-corrected chi connectivity index (χ1v) is 12.1. The highest BCUT2D eigenvalue weighted by Crippen LogP contribution is 2.41. The molecule has 0 fully saturated rings. The minimum atomic E-state index is -4.64. The number of phenols is 1. The van der Waals surface area contributed by atoms with Crippen LogP contribution in [0.15, 0.2) is 67.0 Å². The Labute approximate surface area is 234 Å². The third-order valence-electron chi connectivity index (χ3n) is 5.75. The van der Waals surface area contributed by atoms with E-state index in [0.717, 1.165) is 36.4 Å². The second kappa shape index (κ2) is 12.1. The lowest BCUT2D eigenvalue weighted by atomic mass is 9.95. The van der Waals surface area contributed by atoms with Crippen molar-refractivity contribution in [1.29, 1.82) is 0 Å². The molecule has 2 aromatic heterocycles. The highest BCUT2D eigenvalue weighted by molar-refractivity contribution is 5.53. The molecule has 0 aliphatic carbocycles. The number of phenolic OH excluding ortho intramolecular Hbond substituents is 1. The Morgan fingerprint density at radius 2 is 1.36 bits per heavy atom. The molecule has 14 heteroatoms. The van der Waals surface area contributed by atoms with E-state index in [1.807, 2.05) is 0 Å². The summed E-state index contributed by atoms with van der Waals surface area (Å²) in [6.07, 6.45) is -9.68. The van der Waals surface area contributed by atoms with E-state index in [0.29, 0.717) is 12.4 Å². The topological polar surface area (TPSA) is 114 Å². The molecule has 8 nitrogen and oxygen atoms in total. The van der Waals surface area contributed by atoms with E-state index >= 15 is 0 Å². The zero-order valence-corrected chi connectivity index (χ0v) is 21.6. The van der Waals surface area contributed by atoms with E-state index in [9.17, 15) is 41.7 Å². The fourth-order valence-electron chi connectivity index (χ4n) is 3.87. The largest absolute Gasteiger partial charge is 0.508 e. The maximum atomic E-state index is 12.9. The van der Waals surface area contributed by atoms with Gasteiger partial charge < -0.3 is 29.5 Å². The van der Waals surface area contributed by atoms with Crippen LogP contribution in [0.4, 0.5) is 26.3 Å². The predicted molar refractivity (Wildman–Crippen MR) is 134 cm³/mol. The molecule has 4 rings (SSSR count). The van der Waals surface area contributed by atoms with Gasteiger partial charge in [0.25, 0.3) is 0 Å². The molecule has 0 saturated heterocycles. The summed E-state index contributed by atoms with van der Waals surface area (Å²) in [6, 6.07) is 9.88.